The normalized spacial score (nSPS) is 14.1. The molecule has 0 aliphatic heterocycles. The largest absolute Gasteiger partial charge is 0.411 e. The molecule has 0 atom stereocenters. The Morgan fingerprint density at radius 2 is 1.82 bits per heavy atom. The number of hydrogen-bond donors (Lipinski definition) is 1. The molecule has 2 aromatic carbocycles. The van der Waals surface area contributed by atoms with Gasteiger partial charge in [0.05, 0.1) is 11.4 Å². The molecule has 0 saturated carbocycles. The van der Waals surface area contributed by atoms with Crippen LogP contribution in [-0.4, -0.2) is 26.2 Å². The summed E-state index contributed by atoms with van der Waals surface area (Å²) in [4.78, 5) is 4.93. The topological polar surface area (TPSA) is 50.4 Å². The molecule has 0 fully saturated rings. The molecule has 0 bridgehead atoms. The minimum atomic E-state index is 0.544. The second-order valence-corrected chi connectivity index (χ2v) is 8.29. The lowest BCUT2D eigenvalue weighted by Crippen LogP contribution is -2.11. The number of oxime groups is 1. The fraction of sp³-hybridized carbons (Fsp3) is 0.273. The second kappa shape index (κ2) is 8.84. The van der Waals surface area contributed by atoms with E-state index in [1.165, 1.54) is 29.8 Å². The molecule has 1 aliphatic rings. The number of halogens is 1. The van der Waals surface area contributed by atoms with E-state index < -0.39 is 0 Å². The number of aryl methyl sites for hydroxylation is 1. The van der Waals surface area contributed by atoms with Gasteiger partial charge in [-0.2, -0.15) is 0 Å². The fourth-order valence-electron chi connectivity index (χ4n) is 3.56. The third-order valence-electron chi connectivity index (χ3n) is 5.02. The highest BCUT2D eigenvalue weighted by Crippen LogP contribution is 2.29. The summed E-state index contributed by atoms with van der Waals surface area (Å²) in [6, 6.07) is 17.8. The van der Waals surface area contributed by atoms with Gasteiger partial charge in [-0.3, -0.25) is 0 Å². The first-order valence-corrected chi connectivity index (χ1v) is 10.8. The summed E-state index contributed by atoms with van der Waals surface area (Å²) in [6.07, 6.45) is 4.54. The van der Waals surface area contributed by atoms with Crippen molar-refractivity contribution in [3.05, 3.63) is 82.1 Å². The standard InChI is InChI=1S/C22H22ClN3OS/c23-18-12-10-17(11-13-18)20(25-27)15-28-22-24-19-8-4-5-9-21(19)26(22)14-16-6-2-1-3-7-16/h1-3,6-7,10-13,27H,4-5,8-9,14-15H2. The Morgan fingerprint density at radius 3 is 2.57 bits per heavy atom. The first-order chi connectivity index (χ1) is 13.7. The van der Waals surface area contributed by atoms with Gasteiger partial charge in [0.25, 0.3) is 0 Å². The summed E-state index contributed by atoms with van der Waals surface area (Å²) in [5.74, 6) is 0.544. The van der Waals surface area contributed by atoms with Crippen molar-refractivity contribution in [2.75, 3.05) is 5.75 Å². The van der Waals surface area contributed by atoms with E-state index in [4.69, 9.17) is 16.6 Å². The van der Waals surface area contributed by atoms with Crippen molar-refractivity contribution >= 4 is 29.1 Å². The van der Waals surface area contributed by atoms with Gasteiger partial charge < -0.3 is 9.77 Å². The number of aromatic nitrogens is 2. The predicted octanol–water partition coefficient (Wildman–Crippen LogP) is 5.43. The van der Waals surface area contributed by atoms with Crippen molar-refractivity contribution in [1.82, 2.24) is 9.55 Å². The average Bonchev–Trinajstić information content (AvgIpc) is 3.08. The van der Waals surface area contributed by atoms with E-state index >= 15 is 0 Å². The lowest BCUT2D eigenvalue weighted by atomic mass is 10.0. The molecule has 1 heterocycles. The number of benzene rings is 2. The molecule has 0 unspecified atom stereocenters. The van der Waals surface area contributed by atoms with Crippen LogP contribution in [0, 0.1) is 0 Å². The van der Waals surface area contributed by atoms with Crippen LogP contribution >= 0.6 is 23.4 Å². The minimum absolute atomic E-state index is 0.544. The molecule has 0 amide bonds. The van der Waals surface area contributed by atoms with Crippen LogP contribution in [0.3, 0.4) is 0 Å². The molecule has 28 heavy (non-hydrogen) atoms. The molecule has 4 rings (SSSR count). The summed E-state index contributed by atoms with van der Waals surface area (Å²) >= 11 is 7.59. The molecule has 4 nitrogen and oxygen atoms in total. The highest BCUT2D eigenvalue weighted by atomic mass is 35.5. The van der Waals surface area contributed by atoms with Gasteiger partial charge in [0, 0.05) is 28.6 Å². The summed E-state index contributed by atoms with van der Waals surface area (Å²) < 4.78 is 2.34. The Balaban J connectivity index is 1.58. The minimum Gasteiger partial charge on any atom is -0.411 e. The smallest absolute Gasteiger partial charge is 0.169 e. The number of rotatable bonds is 6. The Kier molecular flexibility index (Phi) is 6.03. The highest BCUT2D eigenvalue weighted by Gasteiger charge is 2.21. The van der Waals surface area contributed by atoms with Gasteiger partial charge in [-0.25, -0.2) is 4.98 Å². The zero-order chi connectivity index (χ0) is 19.3. The number of imidazole rings is 1. The maximum Gasteiger partial charge on any atom is 0.169 e. The molecule has 3 aromatic rings. The van der Waals surface area contributed by atoms with Gasteiger partial charge in [-0.1, -0.05) is 71.0 Å². The molecule has 1 aromatic heterocycles. The third kappa shape index (κ3) is 4.26. The quantitative estimate of drug-likeness (QED) is 0.254. The van der Waals surface area contributed by atoms with E-state index in [9.17, 15) is 5.21 Å². The first kappa shape index (κ1) is 19.1. The number of hydrogen-bond acceptors (Lipinski definition) is 4. The Morgan fingerprint density at radius 1 is 1.07 bits per heavy atom. The third-order valence-corrected chi connectivity index (χ3v) is 6.26. The van der Waals surface area contributed by atoms with Gasteiger partial charge in [-0.05, 0) is 43.4 Å². The maximum absolute atomic E-state index is 9.51. The summed E-state index contributed by atoms with van der Waals surface area (Å²) in [5.41, 5.74) is 5.33. The van der Waals surface area contributed by atoms with Gasteiger partial charge in [-0.15, -0.1) is 0 Å². The summed E-state index contributed by atoms with van der Waals surface area (Å²) in [5, 5.41) is 14.7. The van der Waals surface area contributed by atoms with E-state index in [1.54, 1.807) is 11.8 Å². The molecule has 0 saturated heterocycles. The molecular weight excluding hydrogens is 390 g/mol. The predicted molar refractivity (Wildman–Crippen MR) is 115 cm³/mol. The van der Waals surface area contributed by atoms with Crippen LogP contribution < -0.4 is 0 Å². The van der Waals surface area contributed by atoms with Gasteiger partial charge >= 0.3 is 0 Å². The molecule has 0 spiro atoms. The zero-order valence-corrected chi connectivity index (χ0v) is 17.1. The van der Waals surface area contributed by atoms with Crippen molar-refractivity contribution in [3.8, 4) is 0 Å². The number of nitrogens with zero attached hydrogens (tertiary/aromatic N) is 3. The van der Waals surface area contributed by atoms with E-state index in [0.717, 1.165) is 30.1 Å². The van der Waals surface area contributed by atoms with Crippen LogP contribution in [0.2, 0.25) is 5.02 Å². The van der Waals surface area contributed by atoms with Crippen molar-refractivity contribution in [3.63, 3.8) is 0 Å². The van der Waals surface area contributed by atoms with Crippen molar-refractivity contribution < 1.29 is 5.21 Å². The van der Waals surface area contributed by atoms with Crippen molar-refractivity contribution in [2.24, 2.45) is 5.16 Å². The van der Waals surface area contributed by atoms with Gasteiger partial charge in [0.15, 0.2) is 5.16 Å². The van der Waals surface area contributed by atoms with E-state index in [0.29, 0.717) is 16.5 Å². The molecule has 1 N–H and O–H groups in total. The monoisotopic (exact) mass is 411 g/mol. The molecule has 144 valence electrons. The van der Waals surface area contributed by atoms with E-state index in [-0.39, 0.29) is 0 Å². The van der Waals surface area contributed by atoms with E-state index in [2.05, 4.69) is 34.0 Å². The SMILES string of the molecule is ON=C(CSc1nc2c(n1Cc1ccccc1)CCCC2)c1ccc(Cl)cc1. The van der Waals surface area contributed by atoms with Crippen LogP contribution in [0.1, 0.15) is 35.4 Å². The van der Waals surface area contributed by atoms with Gasteiger partial charge in [0.1, 0.15) is 0 Å². The molecular formula is C22H22ClN3OS. The number of fused-ring (bicyclic) bond motifs is 1. The van der Waals surface area contributed by atoms with Crippen LogP contribution in [0.25, 0.3) is 0 Å². The molecule has 1 aliphatic carbocycles. The second-order valence-electron chi connectivity index (χ2n) is 6.91. The van der Waals surface area contributed by atoms with Crippen molar-refractivity contribution in [2.45, 2.75) is 37.4 Å². The summed E-state index contributed by atoms with van der Waals surface area (Å²) in [6.45, 7) is 0.818. The zero-order valence-electron chi connectivity index (χ0n) is 15.5. The average molecular weight is 412 g/mol. The van der Waals surface area contributed by atoms with Gasteiger partial charge in [0.2, 0.25) is 0 Å². The highest BCUT2D eigenvalue weighted by molar-refractivity contribution is 7.99. The van der Waals surface area contributed by atoms with Crippen molar-refractivity contribution in [1.29, 1.82) is 0 Å². The lowest BCUT2D eigenvalue weighted by Gasteiger charge is -2.15. The summed E-state index contributed by atoms with van der Waals surface area (Å²) in [7, 11) is 0. The van der Waals surface area contributed by atoms with Crippen LogP contribution in [0.5, 0.6) is 0 Å². The lowest BCUT2D eigenvalue weighted by molar-refractivity contribution is 0.319. The Labute approximate surface area is 174 Å². The Hall–Kier alpha value is -2.24. The fourth-order valence-corrected chi connectivity index (χ4v) is 4.68. The number of thioether (sulfide) groups is 1. The molecule has 0 radical (unpaired) electrons. The van der Waals surface area contributed by atoms with Crippen LogP contribution in [-0.2, 0) is 19.4 Å². The van der Waals surface area contributed by atoms with Crippen LogP contribution in [0.4, 0.5) is 0 Å². The van der Waals surface area contributed by atoms with Crippen LogP contribution in [0.15, 0.2) is 64.9 Å². The first-order valence-electron chi connectivity index (χ1n) is 9.46. The molecule has 6 heteroatoms. The van der Waals surface area contributed by atoms with E-state index in [1.807, 2.05) is 30.3 Å². The Bertz CT molecular complexity index is 967. The maximum atomic E-state index is 9.51.